The van der Waals surface area contributed by atoms with E-state index >= 15 is 0 Å². The van der Waals surface area contributed by atoms with Crippen LogP contribution in [-0.4, -0.2) is 23.6 Å². The van der Waals surface area contributed by atoms with Crippen LogP contribution in [0.2, 0.25) is 0 Å². The van der Waals surface area contributed by atoms with Crippen LogP contribution in [0.15, 0.2) is 0 Å². The van der Waals surface area contributed by atoms with E-state index in [-0.39, 0.29) is 5.92 Å². The molecular weight excluding hydrogens is 208 g/mol. The number of alkyl carbamates (subject to hydrolysis) is 1. The molecule has 0 heterocycles. The van der Waals surface area contributed by atoms with Crippen LogP contribution in [0, 0.1) is 5.92 Å². The lowest BCUT2D eigenvalue weighted by atomic mass is 9.99. The molecule has 0 aliphatic carbocycles. The van der Waals surface area contributed by atoms with Crippen LogP contribution in [0.3, 0.4) is 0 Å². The first kappa shape index (κ1) is 14.7. The van der Waals surface area contributed by atoms with Gasteiger partial charge in [-0.1, -0.05) is 20.3 Å². The fourth-order valence-corrected chi connectivity index (χ4v) is 1.14. The second-order valence-corrected chi connectivity index (χ2v) is 4.87. The summed E-state index contributed by atoms with van der Waals surface area (Å²) in [5.41, 5.74) is 6.48. The maximum absolute atomic E-state index is 11.4. The lowest BCUT2D eigenvalue weighted by Crippen LogP contribution is -2.47. The van der Waals surface area contributed by atoms with E-state index in [1.165, 1.54) is 0 Å². The Labute approximate surface area is 96.7 Å². The van der Waals surface area contributed by atoms with E-state index in [2.05, 4.69) is 5.32 Å². The second-order valence-electron chi connectivity index (χ2n) is 4.87. The van der Waals surface area contributed by atoms with Crippen molar-refractivity contribution < 1.29 is 14.3 Å². The van der Waals surface area contributed by atoms with E-state index in [0.717, 1.165) is 0 Å². The molecule has 16 heavy (non-hydrogen) atoms. The van der Waals surface area contributed by atoms with Gasteiger partial charge < -0.3 is 10.1 Å². The van der Waals surface area contributed by atoms with E-state index in [4.69, 9.17) is 10.5 Å². The minimum absolute atomic E-state index is 0.0717. The van der Waals surface area contributed by atoms with Crippen LogP contribution in [0.5, 0.6) is 0 Å². The maximum Gasteiger partial charge on any atom is 0.408 e. The van der Waals surface area contributed by atoms with Gasteiger partial charge in [-0.3, -0.25) is 10.5 Å². The van der Waals surface area contributed by atoms with Crippen molar-refractivity contribution in [1.29, 1.82) is 0 Å². The van der Waals surface area contributed by atoms with Crippen molar-refractivity contribution in [1.82, 2.24) is 11.1 Å². The third-order valence-corrected chi connectivity index (χ3v) is 2.17. The lowest BCUT2D eigenvalue weighted by molar-refractivity contribution is -0.121. The highest BCUT2D eigenvalue weighted by atomic mass is 16.6. The van der Waals surface area contributed by atoms with E-state index in [1.807, 2.05) is 13.8 Å². The fraction of sp³-hybridized carbons (Fsp3) is 0.818. The van der Waals surface area contributed by atoms with Crippen molar-refractivity contribution in [3.63, 3.8) is 0 Å². The summed E-state index contributed by atoms with van der Waals surface area (Å²) in [4.78, 5) is 22.5. The molecule has 0 aromatic rings. The monoisotopic (exact) mass is 229 g/mol. The molecule has 0 saturated heterocycles. The average molecular weight is 229 g/mol. The highest BCUT2D eigenvalue weighted by Gasteiger charge is 2.26. The Kier molecular flexibility index (Phi) is 5.27. The highest BCUT2D eigenvalue weighted by molar-refractivity contribution is 5.84. The third-order valence-electron chi connectivity index (χ3n) is 2.17. The Morgan fingerprint density at radius 1 is 1.38 bits per heavy atom. The quantitative estimate of drug-likeness (QED) is 0.797. The van der Waals surface area contributed by atoms with Crippen molar-refractivity contribution in [2.75, 3.05) is 0 Å². The molecule has 2 unspecified atom stereocenters. The van der Waals surface area contributed by atoms with Crippen molar-refractivity contribution in [2.45, 2.75) is 52.7 Å². The standard InChI is InChI=1S/C11H21N2O3/c1-6-7(2)8(9(12)14)13-10(15)16-11(3,4)5/h7-8,12H,6H2,1-5H3,(H,13,15). The highest BCUT2D eigenvalue weighted by Crippen LogP contribution is 2.10. The molecule has 1 radical (unpaired) electrons. The van der Waals surface area contributed by atoms with Gasteiger partial charge in [-0.05, 0) is 26.7 Å². The number of ether oxygens (including phenoxy) is 1. The van der Waals surface area contributed by atoms with E-state index < -0.39 is 23.6 Å². The summed E-state index contributed by atoms with van der Waals surface area (Å²) in [6, 6.07) is -0.792. The number of rotatable bonds is 4. The van der Waals surface area contributed by atoms with Gasteiger partial charge in [0.1, 0.15) is 11.6 Å². The molecule has 5 nitrogen and oxygen atoms in total. The summed E-state index contributed by atoms with van der Waals surface area (Å²) in [6.45, 7) is 8.94. The zero-order valence-electron chi connectivity index (χ0n) is 10.6. The second kappa shape index (κ2) is 5.72. The normalized spacial score (nSPS) is 15.1. The predicted octanol–water partition coefficient (Wildman–Crippen LogP) is 1.74. The average Bonchev–Trinajstić information content (AvgIpc) is 2.09. The van der Waals surface area contributed by atoms with Crippen LogP contribution in [0.4, 0.5) is 4.79 Å². The number of carbonyl (C=O) groups excluding carboxylic acids is 2. The van der Waals surface area contributed by atoms with Gasteiger partial charge in [0.25, 0.3) is 5.91 Å². The molecule has 0 aliphatic heterocycles. The van der Waals surface area contributed by atoms with Crippen molar-refractivity contribution in [3.05, 3.63) is 0 Å². The first-order chi connectivity index (χ1) is 7.17. The minimum Gasteiger partial charge on any atom is -0.444 e. The number of amides is 2. The summed E-state index contributed by atoms with van der Waals surface area (Å²) < 4.78 is 5.03. The smallest absolute Gasteiger partial charge is 0.408 e. The molecular formula is C11H21N2O3. The summed E-state index contributed by atoms with van der Waals surface area (Å²) >= 11 is 0. The Bertz CT molecular complexity index is 258. The Morgan fingerprint density at radius 3 is 2.19 bits per heavy atom. The minimum atomic E-state index is -0.792. The third kappa shape index (κ3) is 5.58. The largest absolute Gasteiger partial charge is 0.444 e. The molecule has 0 aromatic heterocycles. The molecule has 0 rings (SSSR count). The van der Waals surface area contributed by atoms with Crippen LogP contribution in [-0.2, 0) is 9.53 Å². The van der Waals surface area contributed by atoms with E-state index in [0.29, 0.717) is 6.42 Å². The van der Waals surface area contributed by atoms with Gasteiger partial charge in [-0.25, -0.2) is 4.79 Å². The van der Waals surface area contributed by atoms with Crippen LogP contribution < -0.4 is 11.1 Å². The Hall–Kier alpha value is -1.26. The number of hydrogen-bond donors (Lipinski definition) is 1. The predicted molar refractivity (Wildman–Crippen MR) is 60.7 cm³/mol. The lowest BCUT2D eigenvalue weighted by Gasteiger charge is -2.24. The van der Waals surface area contributed by atoms with E-state index in [1.54, 1.807) is 20.8 Å². The zero-order valence-corrected chi connectivity index (χ0v) is 10.6. The van der Waals surface area contributed by atoms with Gasteiger partial charge in [0.05, 0.1) is 0 Å². The molecule has 0 spiro atoms. The number of nitrogens with one attached hydrogen (secondary N) is 2. The topological polar surface area (TPSA) is 79.2 Å². The van der Waals surface area contributed by atoms with Gasteiger partial charge in [0, 0.05) is 0 Å². The molecule has 93 valence electrons. The van der Waals surface area contributed by atoms with Crippen LogP contribution >= 0.6 is 0 Å². The first-order valence-corrected chi connectivity index (χ1v) is 5.42. The molecule has 0 saturated carbocycles. The Balaban J connectivity index is 4.42. The van der Waals surface area contributed by atoms with Gasteiger partial charge in [0.15, 0.2) is 0 Å². The fourth-order valence-electron chi connectivity index (χ4n) is 1.14. The summed E-state index contributed by atoms with van der Waals surface area (Å²) in [6.07, 6.45) is 0.0591. The molecule has 0 fully saturated rings. The number of carbonyl (C=O) groups is 2. The zero-order chi connectivity index (χ0) is 12.9. The van der Waals surface area contributed by atoms with Gasteiger partial charge in [-0.15, -0.1) is 0 Å². The SMILES string of the molecule is CCC(C)C(NC(=O)OC(C)(C)C)C([NH])=O. The first-order valence-electron chi connectivity index (χ1n) is 5.42. The molecule has 2 atom stereocenters. The van der Waals surface area contributed by atoms with Gasteiger partial charge >= 0.3 is 6.09 Å². The molecule has 2 amide bonds. The van der Waals surface area contributed by atoms with Gasteiger partial charge in [-0.2, -0.15) is 0 Å². The van der Waals surface area contributed by atoms with Crippen LogP contribution in [0.25, 0.3) is 0 Å². The number of hydrogen-bond acceptors (Lipinski definition) is 3. The summed E-state index contributed by atoms with van der Waals surface area (Å²) in [5, 5.41) is 2.43. The maximum atomic E-state index is 11.4. The summed E-state index contributed by atoms with van der Waals surface area (Å²) in [5.74, 6) is -0.863. The van der Waals surface area contributed by atoms with Crippen LogP contribution in [0.1, 0.15) is 41.0 Å². The molecule has 5 heteroatoms. The van der Waals surface area contributed by atoms with Crippen molar-refractivity contribution in [2.24, 2.45) is 5.92 Å². The molecule has 2 N–H and O–H groups in total. The van der Waals surface area contributed by atoms with Crippen molar-refractivity contribution in [3.8, 4) is 0 Å². The molecule has 0 aromatic carbocycles. The summed E-state index contributed by atoms with van der Waals surface area (Å²) in [7, 11) is 0. The van der Waals surface area contributed by atoms with E-state index in [9.17, 15) is 9.59 Å². The van der Waals surface area contributed by atoms with Gasteiger partial charge in [0.2, 0.25) is 0 Å². The molecule has 0 bridgehead atoms. The Morgan fingerprint density at radius 2 is 1.88 bits per heavy atom. The molecule has 0 aliphatic rings. The van der Waals surface area contributed by atoms with Crippen molar-refractivity contribution >= 4 is 12.0 Å².